The Balaban J connectivity index is 2.53. The van der Waals surface area contributed by atoms with E-state index in [0.29, 0.717) is 10.6 Å². The molecule has 1 aliphatic rings. The Morgan fingerprint density at radius 3 is 2.46 bits per heavy atom. The largest absolute Gasteiger partial charge is 0.468 e. The Morgan fingerprint density at radius 1 is 1.27 bits per heavy atom. The van der Waals surface area contributed by atoms with Crippen molar-refractivity contribution in [2.75, 3.05) is 20.0 Å². The Bertz CT molecular complexity index is 800. The summed E-state index contributed by atoms with van der Waals surface area (Å²) >= 11 is 6.86. The summed E-state index contributed by atoms with van der Waals surface area (Å²) in [6.45, 7) is 0. The summed E-state index contributed by atoms with van der Waals surface area (Å²) in [4.78, 5) is 36.1. The second kappa shape index (κ2) is 8.74. The van der Waals surface area contributed by atoms with Crippen molar-refractivity contribution in [1.29, 1.82) is 5.26 Å². The molecule has 1 N–H and O–H groups in total. The molecule has 9 heteroatoms. The van der Waals surface area contributed by atoms with Crippen LogP contribution in [0, 0.1) is 17.2 Å². The number of nitrogens with one attached hydrogen (secondary N) is 1. The molecule has 1 heterocycles. The fourth-order valence-electron chi connectivity index (χ4n) is 2.54. The van der Waals surface area contributed by atoms with Gasteiger partial charge < -0.3 is 14.8 Å². The molecule has 0 bridgehead atoms. The molecule has 1 aliphatic heterocycles. The van der Waals surface area contributed by atoms with Crippen LogP contribution in [-0.4, -0.2) is 37.8 Å². The van der Waals surface area contributed by atoms with Crippen molar-refractivity contribution in [2.24, 2.45) is 5.92 Å². The van der Waals surface area contributed by atoms with Crippen molar-refractivity contribution in [2.45, 2.75) is 5.92 Å². The maximum absolute atomic E-state index is 12.5. The number of carbonyl (C=O) groups excluding carboxylic acids is 3. The number of carbonyl (C=O) groups is 3. The van der Waals surface area contributed by atoms with Gasteiger partial charge in [0.05, 0.1) is 36.6 Å². The van der Waals surface area contributed by atoms with E-state index >= 15 is 0 Å². The molecule has 0 fully saturated rings. The summed E-state index contributed by atoms with van der Waals surface area (Å²) in [7, 11) is 2.41. The highest BCUT2D eigenvalue weighted by Gasteiger charge is 2.44. The predicted molar refractivity (Wildman–Crippen MR) is 95.0 cm³/mol. The number of amides is 1. The van der Waals surface area contributed by atoms with Gasteiger partial charge in [-0.2, -0.15) is 5.26 Å². The number of allylic oxidation sites excluding steroid dienone is 1. The van der Waals surface area contributed by atoms with E-state index in [4.69, 9.17) is 16.3 Å². The molecule has 0 aliphatic carbocycles. The zero-order valence-electron chi connectivity index (χ0n) is 13.9. The van der Waals surface area contributed by atoms with E-state index in [9.17, 15) is 19.6 Å². The van der Waals surface area contributed by atoms with E-state index in [1.165, 1.54) is 14.2 Å². The van der Waals surface area contributed by atoms with Crippen molar-refractivity contribution >= 4 is 41.2 Å². The number of ether oxygens (including phenoxy) is 2. The lowest BCUT2D eigenvalue weighted by Gasteiger charge is -2.30. The topological polar surface area (TPSA) is 105 Å². The first-order chi connectivity index (χ1) is 12.4. The first-order valence-corrected chi connectivity index (χ1v) is 8.77. The van der Waals surface area contributed by atoms with E-state index in [2.05, 4.69) is 10.1 Å². The highest BCUT2D eigenvalue weighted by molar-refractivity contribution is 8.03. The number of thioether (sulfide) groups is 1. The van der Waals surface area contributed by atoms with Crippen LogP contribution in [0.25, 0.3) is 0 Å². The molecular formula is C17H15ClN2O5S. The van der Waals surface area contributed by atoms with Crippen molar-refractivity contribution in [3.63, 3.8) is 0 Å². The number of nitriles is 1. The molecule has 1 amide bonds. The SMILES string of the molecule is COC(=O)CSC1=C(C#N)[C@@H](c2ccc(Cl)cc2)[C@H](C(=O)OC)C(=O)N1. The zero-order valence-corrected chi connectivity index (χ0v) is 15.5. The van der Waals surface area contributed by atoms with Gasteiger partial charge in [-0.15, -0.1) is 0 Å². The van der Waals surface area contributed by atoms with Crippen molar-refractivity contribution in [3.8, 4) is 6.07 Å². The molecule has 0 spiro atoms. The van der Waals surface area contributed by atoms with Crippen LogP contribution >= 0.6 is 23.4 Å². The average Bonchev–Trinajstić information content (AvgIpc) is 2.65. The van der Waals surface area contributed by atoms with Crippen LogP contribution in [0.2, 0.25) is 5.02 Å². The van der Waals surface area contributed by atoms with Crippen molar-refractivity contribution in [1.82, 2.24) is 5.32 Å². The number of benzene rings is 1. The number of hydrogen-bond acceptors (Lipinski definition) is 7. The van der Waals surface area contributed by atoms with Crippen LogP contribution in [0.5, 0.6) is 0 Å². The van der Waals surface area contributed by atoms with Crippen LogP contribution in [-0.2, 0) is 23.9 Å². The van der Waals surface area contributed by atoms with Gasteiger partial charge in [0.25, 0.3) is 0 Å². The maximum atomic E-state index is 12.5. The monoisotopic (exact) mass is 394 g/mol. The third-order valence-electron chi connectivity index (χ3n) is 3.77. The highest BCUT2D eigenvalue weighted by Crippen LogP contribution is 2.40. The summed E-state index contributed by atoms with van der Waals surface area (Å²) in [5.41, 5.74) is 0.726. The highest BCUT2D eigenvalue weighted by atomic mass is 35.5. The normalized spacial score (nSPS) is 19.4. The lowest BCUT2D eigenvalue weighted by molar-refractivity contribution is -0.150. The van der Waals surface area contributed by atoms with Gasteiger partial charge in [0.2, 0.25) is 5.91 Å². The molecule has 0 radical (unpaired) electrons. The minimum atomic E-state index is -1.22. The lowest BCUT2D eigenvalue weighted by atomic mass is 9.78. The van der Waals surface area contributed by atoms with Crippen LogP contribution in [0.3, 0.4) is 0 Å². The molecule has 26 heavy (non-hydrogen) atoms. The lowest BCUT2D eigenvalue weighted by Crippen LogP contribution is -2.44. The standard InChI is InChI=1S/C17H15ClN2O5S/c1-24-12(21)8-26-16-11(7-19)13(9-3-5-10(18)6-4-9)14(15(22)20-16)17(23)25-2/h3-6,13-14H,8H2,1-2H3,(H,20,22)/t13-,14+/m1/s1. The molecule has 0 aromatic heterocycles. The quantitative estimate of drug-likeness (QED) is 0.601. The van der Waals surface area contributed by atoms with Crippen molar-refractivity contribution < 1.29 is 23.9 Å². The summed E-state index contributed by atoms with van der Waals surface area (Å²) in [5, 5.41) is 12.9. The molecule has 2 rings (SSSR count). The van der Waals surface area contributed by atoms with Crippen LogP contribution in [0.15, 0.2) is 34.9 Å². The second-order valence-corrected chi connectivity index (χ2v) is 6.66. The minimum Gasteiger partial charge on any atom is -0.468 e. The van der Waals surface area contributed by atoms with E-state index in [0.717, 1.165) is 11.8 Å². The number of methoxy groups -OCH3 is 2. The second-order valence-electron chi connectivity index (χ2n) is 5.24. The van der Waals surface area contributed by atoms with Gasteiger partial charge in [-0.05, 0) is 17.7 Å². The van der Waals surface area contributed by atoms with Gasteiger partial charge in [0, 0.05) is 10.9 Å². The van der Waals surface area contributed by atoms with Gasteiger partial charge in [0.1, 0.15) is 5.92 Å². The number of esters is 2. The van der Waals surface area contributed by atoms with Gasteiger partial charge in [-0.25, -0.2) is 0 Å². The Labute approximate surface area is 159 Å². The van der Waals surface area contributed by atoms with Crippen molar-refractivity contribution in [3.05, 3.63) is 45.5 Å². The molecule has 7 nitrogen and oxygen atoms in total. The summed E-state index contributed by atoms with van der Waals surface area (Å²) < 4.78 is 9.31. The van der Waals surface area contributed by atoms with E-state index in [1.54, 1.807) is 24.3 Å². The van der Waals surface area contributed by atoms with Gasteiger partial charge in [-0.3, -0.25) is 14.4 Å². The average molecular weight is 395 g/mol. The minimum absolute atomic E-state index is 0.0898. The maximum Gasteiger partial charge on any atom is 0.319 e. The number of halogens is 1. The van der Waals surface area contributed by atoms with Gasteiger partial charge >= 0.3 is 11.9 Å². The third-order valence-corrected chi connectivity index (χ3v) is 5.02. The van der Waals surface area contributed by atoms with E-state index < -0.39 is 29.7 Å². The number of rotatable bonds is 5. The Morgan fingerprint density at radius 2 is 1.92 bits per heavy atom. The molecule has 1 aromatic carbocycles. The molecule has 0 saturated heterocycles. The summed E-state index contributed by atoms with van der Waals surface area (Å²) in [5.74, 6) is -4.03. The van der Waals surface area contributed by atoms with Gasteiger partial charge in [-0.1, -0.05) is 35.5 Å². The first-order valence-electron chi connectivity index (χ1n) is 7.41. The Kier molecular flexibility index (Phi) is 6.66. The fourth-order valence-corrected chi connectivity index (χ4v) is 3.55. The van der Waals surface area contributed by atoms with E-state index in [-0.39, 0.29) is 16.4 Å². The molecule has 0 unspecified atom stereocenters. The van der Waals surface area contributed by atoms with Crippen LogP contribution in [0.4, 0.5) is 0 Å². The molecular weight excluding hydrogens is 380 g/mol. The summed E-state index contributed by atoms with van der Waals surface area (Å²) in [6.07, 6.45) is 0. The van der Waals surface area contributed by atoms with Crippen LogP contribution < -0.4 is 5.32 Å². The smallest absolute Gasteiger partial charge is 0.319 e. The van der Waals surface area contributed by atoms with E-state index in [1.807, 2.05) is 6.07 Å². The molecule has 0 saturated carbocycles. The summed E-state index contributed by atoms with van der Waals surface area (Å²) in [6, 6.07) is 8.53. The predicted octanol–water partition coefficient (Wildman–Crippen LogP) is 1.98. The first kappa shape index (κ1) is 19.8. The zero-order chi connectivity index (χ0) is 19.3. The number of hydrogen-bond donors (Lipinski definition) is 1. The molecule has 136 valence electrons. The van der Waals surface area contributed by atoms with Crippen LogP contribution in [0.1, 0.15) is 11.5 Å². The fraction of sp³-hybridized carbons (Fsp3) is 0.294. The third kappa shape index (κ3) is 4.18. The molecule has 2 atom stereocenters. The Hall–Kier alpha value is -2.50. The molecule has 1 aromatic rings. The van der Waals surface area contributed by atoms with Gasteiger partial charge in [0.15, 0.2) is 0 Å². The number of nitrogens with zero attached hydrogens (tertiary/aromatic N) is 1.